The van der Waals surface area contributed by atoms with Crippen molar-refractivity contribution in [2.45, 2.75) is 25.7 Å². The smallest absolute Gasteiger partial charge is 0.225 e. The SMILES string of the molecule is CN=C(NCCc1ccccn1)NCCN1CCN(C(=O)C2CCC2)CC1. The van der Waals surface area contributed by atoms with Crippen molar-refractivity contribution >= 4 is 11.9 Å². The largest absolute Gasteiger partial charge is 0.356 e. The highest BCUT2D eigenvalue weighted by Crippen LogP contribution is 2.28. The van der Waals surface area contributed by atoms with Gasteiger partial charge in [0.15, 0.2) is 5.96 Å². The summed E-state index contributed by atoms with van der Waals surface area (Å²) in [6.07, 6.45) is 6.10. The van der Waals surface area contributed by atoms with E-state index in [9.17, 15) is 4.79 Å². The van der Waals surface area contributed by atoms with Gasteiger partial charge < -0.3 is 15.5 Å². The number of rotatable bonds is 7. The highest BCUT2D eigenvalue weighted by atomic mass is 16.2. The fraction of sp³-hybridized carbons (Fsp3) is 0.650. The first-order valence-electron chi connectivity index (χ1n) is 10.1. The molecular weight excluding hydrogens is 340 g/mol. The molecule has 0 unspecified atom stereocenters. The lowest BCUT2D eigenvalue weighted by atomic mass is 9.84. The first-order chi connectivity index (χ1) is 13.3. The second-order valence-electron chi connectivity index (χ2n) is 7.29. The van der Waals surface area contributed by atoms with Crippen LogP contribution in [0.2, 0.25) is 0 Å². The van der Waals surface area contributed by atoms with Crippen molar-refractivity contribution in [2.75, 3.05) is 52.9 Å². The maximum Gasteiger partial charge on any atom is 0.225 e. The highest BCUT2D eigenvalue weighted by molar-refractivity contribution is 5.80. The van der Waals surface area contributed by atoms with Crippen LogP contribution in [0.4, 0.5) is 0 Å². The minimum atomic E-state index is 0.318. The van der Waals surface area contributed by atoms with Crippen molar-refractivity contribution < 1.29 is 4.79 Å². The van der Waals surface area contributed by atoms with Gasteiger partial charge in [-0.05, 0) is 25.0 Å². The van der Waals surface area contributed by atoms with E-state index in [1.807, 2.05) is 24.4 Å². The predicted octanol–water partition coefficient (Wildman–Crippen LogP) is 0.733. The van der Waals surface area contributed by atoms with E-state index >= 15 is 0 Å². The van der Waals surface area contributed by atoms with Crippen LogP contribution in [-0.2, 0) is 11.2 Å². The van der Waals surface area contributed by atoms with E-state index in [0.29, 0.717) is 11.8 Å². The Morgan fingerprint density at radius 3 is 2.59 bits per heavy atom. The first-order valence-corrected chi connectivity index (χ1v) is 10.1. The Balaban J connectivity index is 1.28. The predicted molar refractivity (Wildman–Crippen MR) is 108 cm³/mol. The maximum absolute atomic E-state index is 12.3. The molecule has 1 aromatic heterocycles. The fourth-order valence-electron chi connectivity index (χ4n) is 3.51. The molecule has 7 heteroatoms. The van der Waals surface area contributed by atoms with Crippen LogP contribution in [0.1, 0.15) is 25.0 Å². The summed E-state index contributed by atoms with van der Waals surface area (Å²) < 4.78 is 0. The Hall–Kier alpha value is -2.15. The molecule has 0 atom stereocenters. The quantitative estimate of drug-likeness (QED) is 0.545. The van der Waals surface area contributed by atoms with Gasteiger partial charge in [0.25, 0.3) is 0 Å². The minimum absolute atomic E-state index is 0.318. The van der Waals surface area contributed by atoms with Gasteiger partial charge in [-0.3, -0.25) is 19.7 Å². The number of nitrogens with zero attached hydrogens (tertiary/aromatic N) is 4. The Morgan fingerprint density at radius 1 is 1.19 bits per heavy atom. The number of carbonyl (C=O) groups excluding carboxylic acids is 1. The van der Waals surface area contributed by atoms with Gasteiger partial charge in [0, 0.05) is 77.1 Å². The molecule has 2 heterocycles. The number of aliphatic imine (C=N–C) groups is 1. The summed E-state index contributed by atoms with van der Waals surface area (Å²) in [5.41, 5.74) is 1.08. The Morgan fingerprint density at radius 2 is 1.96 bits per heavy atom. The van der Waals surface area contributed by atoms with E-state index in [1.165, 1.54) is 6.42 Å². The van der Waals surface area contributed by atoms with Crippen molar-refractivity contribution in [3.05, 3.63) is 30.1 Å². The fourth-order valence-corrected chi connectivity index (χ4v) is 3.51. The molecule has 1 aliphatic heterocycles. The molecule has 0 spiro atoms. The van der Waals surface area contributed by atoms with Crippen LogP contribution in [0.3, 0.4) is 0 Å². The van der Waals surface area contributed by atoms with E-state index < -0.39 is 0 Å². The summed E-state index contributed by atoms with van der Waals surface area (Å²) in [5, 5.41) is 6.70. The van der Waals surface area contributed by atoms with Crippen LogP contribution in [0.5, 0.6) is 0 Å². The number of amides is 1. The Bertz CT molecular complexity index is 608. The molecule has 148 valence electrons. The summed E-state index contributed by atoms with van der Waals surface area (Å²) >= 11 is 0. The molecule has 0 aromatic carbocycles. The minimum Gasteiger partial charge on any atom is -0.356 e. The monoisotopic (exact) mass is 372 g/mol. The topological polar surface area (TPSA) is 72.9 Å². The van der Waals surface area contributed by atoms with E-state index in [-0.39, 0.29) is 0 Å². The summed E-state index contributed by atoms with van der Waals surface area (Å²) in [6, 6.07) is 5.97. The molecular formula is C20H32N6O. The van der Waals surface area contributed by atoms with Crippen molar-refractivity contribution in [3.8, 4) is 0 Å². The van der Waals surface area contributed by atoms with Crippen LogP contribution < -0.4 is 10.6 Å². The van der Waals surface area contributed by atoms with E-state index in [1.54, 1.807) is 7.05 Å². The zero-order chi connectivity index (χ0) is 18.9. The van der Waals surface area contributed by atoms with E-state index in [0.717, 1.165) is 76.7 Å². The molecule has 2 fully saturated rings. The first kappa shape index (κ1) is 19.6. The summed E-state index contributed by atoms with van der Waals surface area (Å²) in [5.74, 6) is 1.53. The van der Waals surface area contributed by atoms with Gasteiger partial charge in [0.2, 0.25) is 5.91 Å². The highest BCUT2D eigenvalue weighted by Gasteiger charge is 2.30. The lowest BCUT2D eigenvalue weighted by Gasteiger charge is -2.38. The standard InChI is InChI=1S/C20H32N6O/c1-21-20(23-10-8-18-7-2-3-9-22-18)24-11-12-25-13-15-26(16-14-25)19(27)17-5-4-6-17/h2-3,7,9,17H,4-6,8,10-16H2,1H3,(H2,21,23,24). The second-order valence-corrected chi connectivity index (χ2v) is 7.29. The molecule has 1 amide bonds. The molecule has 3 rings (SSSR count). The number of guanidine groups is 1. The molecule has 2 N–H and O–H groups in total. The summed E-state index contributed by atoms with van der Waals surface area (Å²) in [6.45, 7) is 6.28. The molecule has 7 nitrogen and oxygen atoms in total. The molecule has 2 aliphatic rings. The van der Waals surface area contributed by atoms with E-state index in [4.69, 9.17) is 0 Å². The molecule has 1 saturated carbocycles. The summed E-state index contributed by atoms with van der Waals surface area (Å²) in [4.78, 5) is 25.4. The van der Waals surface area contributed by atoms with Gasteiger partial charge in [0.05, 0.1) is 0 Å². The second kappa shape index (κ2) is 10.3. The number of aromatic nitrogens is 1. The number of pyridine rings is 1. The third kappa shape index (κ3) is 5.92. The zero-order valence-corrected chi connectivity index (χ0v) is 16.4. The third-order valence-corrected chi connectivity index (χ3v) is 5.48. The molecule has 1 aliphatic carbocycles. The van der Waals surface area contributed by atoms with Gasteiger partial charge in [-0.25, -0.2) is 0 Å². The van der Waals surface area contributed by atoms with Crippen LogP contribution in [-0.4, -0.2) is 79.5 Å². The van der Waals surface area contributed by atoms with Crippen molar-refractivity contribution in [2.24, 2.45) is 10.9 Å². The lowest BCUT2D eigenvalue weighted by molar-refractivity contribution is -0.139. The lowest BCUT2D eigenvalue weighted by Crippen LogP contribution is -2.52. The molecule has 0 radical (unpaired) electrons. The van der Waals surface area contributed by atoms with Gasteiger partial charge in [-0.2, -0.15) is 0 Å². The number of hydrogen-bond acceptors (Lipinski definition) is 4. The molecule has 1 aromatic rings. The number of nitrogens with one attached hydrogen (secondary N) is 2. The normalized spacial score (nSPS) is 18.9. The van der Waals surface area contributed by atoms with Crippen LogP contribution in [0.15, 0.2) is 29.4 Å². The van der Waals surface area contributed by atoms with Gasteiger partial charge in [-0.15, -0.1) is 0 Å². The van der Waals surface area contributed by atoms with Crippen LogP contribution in [0, 0.1) is 5.92 Å². The van der Waals surface area contributed by atoms with Gasteiger partial charge >= 0.3 is 0 Å². The maximum atomic E-state index is 12.3. The zero-order valence-electron chi connectivity index (χ0n) is 16.4. The number of hydrogen-bond donors (Lipinski definition) is 2. The van der Waals surface area contributed by atoms with Crippen LogP contribution in [0.25, 0.3) is 0 Å². The summed E-state index contributed by atoms with van der Waals surface area (Å²) in [7, 11) is 1.79. The van der Waals surface area contributed by atoms with Crippen LogP contribution >= 0.6 is 0 Å². The van der Waals surface area contributed by atoms with E-state index in [2.05, 4.69) is 30.4 Å². The average Bonchev–Trinajstić information content (AvgIpc) is 2.66. The number of carbonyl (C=O) groups is 1. The molecule has 0 bridgehead atoms. The average molecular weight is 373 g/mol. The third-order valence-electron chi connectivity index (χ3n) is 5.48. The van der Waals surface area contributed by atoms with Crippen molar-refractivity contribution in [1.29, 1.82) is 0 Å². The Labute approximate surface area is 162 Å². The van der Waals surface area contributed by atoms with Gasteiger partial charge in [0.1, 0.15) is 0 Å². The van der Waals surface area contributed by atoms with Crippen molar-refractivity contribution in [3.63, 3.8) is 0 Å². The van der Waals surface area contributed by atoms with Gasteiger partial charge in [-0.1, -0.05) is 12.5 Å². The number of piperazine rings is 1. The molecule has 1 saturated heterocycles. The Kier molecular flexibility index (Phi) is 7.45. The molecule has 27 heavy (non-hydrogen) atoms. The van der Waals surface area contributed by atoms with Crippen molar-refractivity contribution in [1.82, 2.24) is 25.4 Å².